The van der Waals surface area contributed by atoms with Crippen LogP contribution in [0.15, 0.2) is 0 Å². The van der Waals surface area contributed by atoms with E-state index in [9.17, 15) is 4.79 Å². The van der Waals surface area contributed by atoms with Crippen LogP contribution >= 0.6 is 0 Å². The van der Waals surface area contributed by atoms with Crippen molar-refractivity contribution in [2.24, 2.45) is 0 Å². The van der Waals surface area contributed by atoms with Crippen LogP contribution in [0.3, 0.4) is 0 Å². The van der Waals surface area contributed by atoms with E-state index in [1.54, 1.807) is 11.9 Å². The quantitative estimate of drug-likeness (QED) is 0.751. The number of carbonyl (C=O) groups excluding carboxylic acids is 1. The Bertz CT molecular complexity index is 289. The van der Waals surface area contributed by atoms with Crippen molar-refractivity contribution in [3.05, 3.63) is 0 Å². The van der Waals surface area contributed by atoms with Crippen molar-refractivity contribution in [1.29, 1.82) is 5.26 Å². The van der Waals surface area contributed by atoms with Crippen molar-refractivity contribution < 1.29 is 4.79 Å². The fourth-order valence-corrected chi connectivity index (χ4v) is 2.22. The predicted octanol–water partition coefficient (Wildman–Crippen LogP) is 0.0407. The van der Waals surface area contributed by atoms with Gasteiger partial charge < -0.3 is 10.2 Å². The zero-order chi connectivity index (χ0) is 12.8. The number of amides is 1. The molecule has 1 N–H and O–H groups in total. The molecule has 0 spiro atoms. The van der Waals surface area contributed by atoms with Gasteiger partial charge in [0.1, 0.15) is 0 Å². The van der Waals surface area contributed by atoms with Crippen molar-refractivity contribution in [3.63, 3.8) is 0 Å². The zero-order valence-corrected chi connectivity index (χ0v) is 10.9. The molecule has 5 nitrogen and oxygen atoms in total. The van der Waals surface area contributed by atoms with Gasteiger partial charge in [0.25, 0.3) is 0 Å². The Balaban J connectivity index is 2.37. The average Bonchev–Trinajstić information content (AvgIpc) is 2.24. The number of nitrogens with zero attached hydrogens (tertiary/aromatic N) is 3. The van der Waals surface area contributed by atoms with Gasteiger partial charge in [0.2, 0.25) is 5.91 Å². The van der Waals surface area contributed by atoms with Crippen molar-refractivity contribution in [1.82, 2.24) is 15.1 Å². The SMILES string of the molecule is CC1CN(CC(=O)N(C)CCC#N)CC(C)N1. The zero-order valence-electron chi connectivity index (χ0n) is 10.9. The summed E-state index contributed by atoms with van der Waals surface area (Å²) in [4.78, 5) is 15.7. The molecular formula is C12H22N4O. The molecule has 0 radical (unpaired) electrons. The van der Waals surface area contributed by atoms with Gasteiger partial charge in [0.05, 0.1) is 19.0 Å². The Hall–Kier alpha value is -1.12. The Kier molecular flexibility index (Phi) is 5.39. The number of hydrogen-bond acceptors (Lipinski definition) is 4. The molecule has 0 aromatic carbocycles. The minimum absolute atomic E-state index is 0.0987. The first-order valence-electron chi connectivity index (χ1n) is 6.12. The third-order valence-corrected chi connectivity index (χ3v) is 2.98. The van der Waals surface area contributed by atoms with E-state index in [-0.39, 0.29) is 5.91 Å². The van der Waals surface area contributed by atoms with Gasteiger partial charge in [0.15, 0.2) is 0 Å². The smallest absolute Gasteiger partial charge is 0.236 e. The van der Waals surface area contributed by atoms with Gasteiger partial charge in [-0.3, -0.25) is 9.69 Å². The first-order valence-corrected chi connectivity index (χ1v) is 6.12. The van der Waals surface area contributed by atoms with Crippen molar-refractivity contribution >= 4 is 5.91 Å². The highest BCUT2D eigenvalue weighted by molar-refractivity contribution is 5.78. The van der Waals surface area contributed by atoms with Gasteiger partial charge in [-0.1, -0.05) is 0 Å². The standard InChI is InChI=1S/C12H22N4O/c1-10-7-16(8-11(2)14-10)9-12(17)15(3)6-4-5-13/h10-11,14H,4,6-9H2,1-3H3. The molecule has 1 amide bonds. The first kappa shape index (κ1) is 13.9. The van der Waals surface area contributed by atoms with E-state index in [1.165, 1.54) is 0 Å². The summed E-state index contributed by atoms with van der Waals surface area (Å²) in [5.41, 5.74) is 0. The summed E-state index contributed by atoms with van der Waals surface area (Å²) in [5, 5.41) is 11.9. The summed E-state index contributed by atoms with van der Waals surface area (Å²) in [6, 6.07) is 2.91. The minimum Gasteiger partial charge on any atom is -0.344 e. The van der Waals surface area contributed by atoms with Crippen molar-refractivity contribution in [2.75, 3.05) is 33.2 Å². The molecule has 1 rings (SSSR count). The number of piperazine rings is 1. The maximum absolute atomic E-state index is 11.9. The maximum Gasteiger partial charge on any atom is 0.236 e. The Morgan fingerprint density at radius 3 is 2.59 bits per heavy atom. The Morgan fingerprint density at radius 1 is 1.47 bits per heavy atom. The molecule has 1 heterocycles. The van der Waals surface area contributed by atoms with Gasteiger partial charge in [-0.15, -0.1) is 0 Å². The average molecular weight is 238 g/mol. The van der Waals surface area contributed by atoms with E-state index in [4.69, 9.17) is 5.26 Å². The van der Waals surface area contributed by atoms with Crippen LogP contribution in [-0.2, 0) is 4.79 Å². The minimum atomic E-state index is 0.0987. The highest BCUT2D eigenvalue weighted by atomic mass is 16.2. The number of hydrogen-bond donors (Lipinski definition) is 1. The van der Waals surface area contributed by atoms with E-state index in [0.29, 0.717) is 31.6 Å². The fourth-order valence-electron chi connectivity index (χ4n) is 2.22. The van der Waals surface area contributed by atoms with E-state index >= 15 is 0 Å². The molecule has 1 aliphatic rings. The normalized spacial score (nSPS) is 25.3. The number of carbonyl (C=O) groups is 1. The molecule has 0 bridgehead atoms. The van der Waals surface area contributed by atoms with Crippen molar-refractivity contribution in [2.45, 2.75) is 32.4 Å². The molecule has 1 saturated heterocycles. The Labute approximate surface area is 103 Å². The lowest BCUT2D eigenvalue weighted by Gasteiger charge is -2.36. The number of nitriles is 1. The van der Waals surface area contributed by atoms with Gasteiger partial charge in [-0.05, 0) is 13.8 Å². The molecule has 5 heteroatoms. The van der Waals surface area contributed by atoms with Crippen LogP contribution in [0.1, 0.15) is 20.3 Å². The second-order valence-electron chi connectivity index (χ2n) is 4.89. The van der Waals surface area contributed by atoms with Crippen LogP contribution in [-0.4, -0.2) is 61.0 Å². The molecule has 0 aromatic heterocycles. The number of nitrogens with one attached hydrogen (secondary N) is 1. The van der Waals surface area contributed by atoms with E-state index in [0.717, 1.165) is 13.1 Å². The molecule has 0 aliphatic carbocycles. The molecule has 2 atom stereocenters. The van der Waals surface area contributed by atoms with Crippen LogP contribution in [0, 0.1) is 11.3 Å². The van der Waals surface area contributed by atoms with Crippen LogP contribution < -0.4 is 5.32 Å². The molecule has 17 heavy (non-hydrogen) atoms. The van der Waals surface area contributed by atoms with Gasteiger partial charge in [-0.2, -0.15) is 5.26 Å². The van der Waals surface area contributed by atoms with Crippen molar-refractivity contribution in [3.8, 4) is 6.07 Å². The first-order chi connectivity index (χ1) is 8.02. The lowest BCUT2D eigenvalue weighted by Crippen LogP contribution is -2.56. The van der Waals surface area contributed by atoms with Gasteiger partial charge in [-0.25, -0.2) is 0 Å². The fraction of sp³-hybridized carbons (Fsp3) is 0.833. The molecule has 2 unspecified atom stereocenters. The third-order valence-electron chi connectivity index (χ3n) is 2.98. The Morgan fingerprint density at radius 2 is 2.06 bits per heavy atom. The van der Waals surface area contributed by atoms with Crippen LogP contribution in [0.5, 0.6) is 0 Å². The lowest BCUT2D eigenvalue weighted by atomic mass is 10.1. The van der Waals surface area contributed by atoms with E-state index < -0.39 is 0 Å². The van der Waals surface area contributed by atoms with Crippen LogP contribution in [0.4, 0.5) is 0 Å². The summed E-state index contributed by atoms with van der Waals surface area (Å²) >= 11 is 0. The predicted molar refractivity (Wildman–Crippen MR) is 66.4 cm³/mol. The molecule has 1 fully saturated rings. The molecule has 96 valence electrons. The summed E-state index contributed by atoms with van der Waals surface area (Å²) < 4.78 is 0. The molecule has 1 aliphatic heterocycles. The van der Waals surface area contributed by atoms with Crippen LogP contribution in [0.25, 0.3) is 0 Å². The largest absolute Gasteiger partial charge is 0.344 e. The lowest BCUT2D eigenvalue weighted by molar-refractivity contribution is -0.131. The summed E-state index contributed by atoms with van der Waals surface area (Å²) in [6.45, 7) is 7.05. The number of rotatable bonds is 4. The molecular weight excluding hydrogens is 216 g/mol. The highest BCUT2D eigenvalue weighted by Crippen LogP contribution is 2.04. The second kappa shape index (κ2) is 6.58. The third kappa shape index (κ3) is 4.72. The van der Waals surface area contributed by atoms with E-state index in [2.05, 4.69) is 30.1 Å². The van der Waals surface area contributed by atoms with Gasteiger partial charge in [0, 0.05) is 38.8 Å². The monoisotopic (exact) mass is 238 g/mol. The molecule has 0 aromatic rings. The highest BCUT2D eigenvalue weighted by Gasteiger charge is 2.23. The topological polar surface area (TPSA) is 59.4 Å². The van der Waals surface area contributed by atoms with Crippen LogP contribution in [0.2, 0.25) is 0 Å². The molecule has 0 saturated carbocycles. The summed E-state index contributed by atoms with van der Waals surface area (Å²) in [6.07, 6.45) is 0.399. The maximum atomic E-state index is 11.9. The summed E-state index contributed by atoms with van der Waals surface area (Å²) in [5.74, 6) is 0.0987. The van der Waals surface area contributed by atoms with Gasteiger partial charge >= 0.3 is 0 Å². The second-order valence-corrected chi connectivity index (χ2v) is 4.89. The number of likely N-dealkylation sites (N-methyl/N-ethyl adjacent to an activating group) is 1. The van der Waals surface area contributed by atoms with E-state index in [1.807, 2.05) is 0 Å². The summed E-state index contributed by atoms with van der Waals surface area (Å²) in [7, 11) is 1.76.